The number of aliphatic carboxylic acids is 1. The average molecular weight is 602 g/mol. The van der Waals surface area contributed by atoms with Crippen molar-refractivity contribution in [3.8, 4) is 5.75 Å². The molecule has 3 heterocycles. The van der Waals surface area contributed by atoms with Crippen LogP contribution in [-0.4, -0.2) is 84.5 Å². The standard InChI is InChI=1S/C31H35N7O6/c32-23(14-20-16-33-17-35-20)28(40)36-25(13-19-15-34-24-5-2-1-4-22(19)24)29(41)37-26(12-18-7-9-21(39)10-8-18)30(42)38-11-3-6-27(38)31(43)44/h1-2,4-5,7-10,15-17,23,25-27,34,39H,3,6,11-14,32H2,(H,33,35)(H,36,40)(H,37,41)(H,43,44). The number of carboxylic acids is 1. The summed E-state index contributed by atoms with van der Waals surface area (Å²) >= 11 is 0. The molecule has 8 N–H and O–H groups in total. The summed E-state index contributed by atoms with van der Waals surface area (Å²) in [5, 5.41) is 25.9. The number of carbonyl (C=O) groups is 4. The molecule has 4 unspecified atom stereocenters. The second kappa shape index (κ2) is 13.4. The molecule has 1 aliphatic rings. The van der Waals surface area contributed by atoms with Crippen molar-refractivity contribution in [2.45, 2.75) is 56.3 Å². The van der Waals surface area contributed by atoms with Crippen LogP contribution in [0.25, 0.3) is 10.9 Å². The van der Waals surface area contributed by atoms with Crippen LogP contribution in [0.15, 0.2) is 67.3 Å². The van der Waals surface area contributed by atoms with E-state index in [1.54, 1.807) is 24.5 Å². The average Bonchev–Trinajstić information content (AvgIpc) is 3.79. The highest BCUT2D eigenvalue weighted by atomic mass is 16.4. The van der Waals surface area contributed by atoms with E-state index in [0.29, 0.717) is 24.1 Å². The number of rotatable bonds is 12. The SMILES string of the molecule is NC(Cc1cnc[nH]1)C(=O)NC(Cc1c[nH]c2ccccc12)C(=O)NC(Cc1ccc(O)cc1)C(=O)N1CCCC1C(=O)O. The van der Waals surface area contributed by atoms with Crippen molar-refractivity contribution in [3.63, 3.8) is 0 Å². The molecule has 1 fully saturated rings. The number of H-pyrrole nitrogens is 2. The van der Waals surface area contributed by atoms with E-state index in [1.807, 2.05) is 24.3 Å². The number of nitrogens with one attached hydrogen (secondary N) is 4. The van der Waals surface area contributed by atoms with Crippen LogP contribution in [0.4, 0.5) is 0 Å². The molecule has 0 bridgehead atoms. The maximum absolute atomic E-state index is 14.0. The minimum absolute atomic E-state index is 0.0409. The lowest BCUT2D eigenvalue weighted by atomic mass is 10.0. The van der Waals surface area contributed by atoms with Gasteiger partial charge in [0.1, 0.15) is 23.9 Å². The predicted molar refractivity (Wildman–Crippen MR) is 160 cm³/mol. The Kier molecular flexibility index (Phi) is 9.24. The predicted octanol–water partition coefficient (Wildman–Crippen LogP) is 0.997. The smallest absolute Gasteiger partial charge is 0.326 e. The molecule has 230 valence electrons. The summed E-state index contributed by atoms with van der Waals surface area (Å²) in [6, 6.07) is 9.51. The zero-order valence-electron chi connectivity index (χ0n) is 23.9. The summed E-state index contributed by atoms with van der Waals surface area (Å²) in [6.45, 7) is 0.246. The van der Waals surface area contributed by atoms with Gasteiger partial charge in [-0.05, 0) is 42.2 Å². The quantitative estimate of drug-likeness (QED) is 0.124. The van der Waals surface area contributed by atoms with Gasteiger partial charge >= 0.3 is 5.97 Å². The van der Waals surface area contributed by atoms with Crippen LogP contribution in [0.2, 0.25) is 0 Å². The van der Waals surface area contributed by atoms with Crippen molar-refractivity contribution in [3.05, 3.63) is 84.1 Å². The Morgan fingerprint density at radius 2 is 1.73 bits per heavy atom. The van der Waals surface area contributed by atoms with Crippen molar-refractivity contribution in [1.29, 1.82) is 0 Å². The largest absolute Gasteiger partial charge is 0.508 e. The minimum atomic E-state index is -1.13. The van der Waals surface area contributed by atoms with Gasteiger partial charge in [0.15, 0.2) is 0 Å². The van der Waals surface area contributed by atoms with Gasteiger partial charge in [-0.1, -0.05) is 30.3 Å². The maximum Gasteiger partial charge on any atom is 0.326 e. The first-order valence-electron chi connectivity index (χ1n) is 14.4. The molecule has 44 heavy (non-hydrogen) atoms. The molecule has 3 amide bonds. The van der Waals surface area contributed by atoms with Crippen LogP contribution in [0.1, 0.15) is 29.7 Å². The van der Waals surface area contributed by atoms with Gasteiger partial charge in [0.05, 0.1) is 12.4 Å². The van der Waals surface area contributed by atoms with Crippen LogP contribution in [0.3, 0.4) is 0 Å². The van der Waals surface area contributed by atoms with E-state index in [0.717, 1.165) is 16.5 Å². The second-order valence-corrected chi connectivity index (χ2v) is 11.0. The summed E-state index contributed by atoms with van der Waals surface area (Å²) in [5.74, 6) is -2.79. The van der Waals surface area contributed by atoms with Gasteiger partial charge in [0.2, 0.25) is 17.7 Å². The molecule has 0 aliphatic carbocycles. The Bertz CT molecular complexity index is 1620. The van der Waals surface area contributed by atoms with E-state index >= 15 is 0 Å². The van der Waals surface area contributed by atoms with Gasteiger partial charge in [-0.2, -0.15) is 0 Å². The first kappa shape index (κ1) is 30.3. The summed E-state index contributed by atoms with van der Waals surface area (Å²) in [7, 11) is 0. The van der Waals surface area contributed by atoms with Gasteiger partial charge < -0.3 is 41.4 Å². The Morgan fingerprint density at radius 1 is 0.977 bits per heavy atom. The molecular weight excluding hydrogens is 566 g/mol. The van der Waals surface area contributed by atoms with Crippen LogP contribution in [-0.2, 0) is 38.4 Å². The number of nitrogens with zero attached hydrogens (tertiary/aromatic N) is 2. The number of nitrogens with two attached hydrogens (primary N) is 1. The molecule has 5 rings (SSSR count). The molecule has 2 aromatic heterocycles. The fourth-order valence-electron chi connectivity index (χ4n) is 5.56. The lowest BCUT2D eigenvalue weighted by Gasteiger charge is -2.29. The summed E-state index contributed by atoms with van der Waals surface area (Å²) < 4.78 is 0. The molecule has 13 heteroatoms. The number of carboxylic acid groups (broad SMARTS) is 1. The number of likely N-dealkylation sites (tertiary alicyclic amines) is 1. The van der Waals surface area contributed by atoms with Crippen molar-refractivity contribution in [1.82, 2.24) is 30.5 Å². The van der Waals surface area contributed by atoms with Crippen molar-refractivity contribution < 1.29 is 29.4 Å². The van der Waals surface area contributed by atoms with Gasteiger partial charge in [-0.3, -0.25) is 14.4 Å². The van der Waals surface area contributed by atoms with E-state index in [4.69, 9.17) is 5.73 Å². The van der Waals surface area contributed by atoms with E-state index in [2.05, 4.69) is 25.6 Å². The molecule has 1 aliphatic heterocycles. The Morgan fingerprint density at radius 3 is 2.45 bits per heavy atom. The highest BCUT2D eigenvalue weighted by Crippen LogP contribution is 2.22. The number of aromatic hydroxyl groups is 1. The topological polar surface area (TPSA) is 207 Å². The fourth-order valence-corrected chi connectivity index (χ4v) is 5.56. The maximum atomic E-state index is 14.0. The molecule has 1 saturated heterocycles. The van der Waals surface area contributed by atoms with E-state index < -0.39 is 47.9 Å². The summed E-state index contributed by atoms with van der Waals surface area (Å²) in [5.41, 5.74) is 9.11. The number of fused-ring (bicyclic) bond motifs is 1. The first-order valence-corrected chi connectivity index (χ1v) is 14.4. The summed E-state index contributed by atoms with van der Waals surface area (Å²) in [4.78, 5) is 64.1. The second-order valence-electron chi connectivity index (χ2n) is 11.0. The van der Waals surface area contributed by atoms with Gasteiger partial charge in [0, 0.05) is 54.8 Å². The van der Waals surface area contributed by atoms with Crippen molar-refractivity contribution in [2.24, 2.45) is 5.73 Å². The third-order valence-electron chi connectivity index (χ3n) is 7.88. The minimum Gasteiger partial charge on any atom is -0.508 e. The third-order valence-corrected chi connectivity index (χ3v) is 7.88. The Balaban J connectivity index is 1.41. The van der Waals surface area contributed by atoms with Gasteiger partial charge in [0.25, 0.3) is 0 Å². The van der Waals surface area contributed by atoms with Crippen LogP contribution < -0.4 is 16.4 Å². The highest BCUT2D eigenvalue weighted by molar-refractivity contribution is 5.95. The number of carbonyl (C=O) groups excluding carboxylic acids is 3. The highest BCUT2D eigenvalue weighted by Gasteiger charge is 2.38. The Hall–Kier alpha value is -5.17. The number of hydrogen-bond acceptors (Lipinski definition) is 7. The fraction of sp³-hybridized carbons (Fsp3) is 0.323. The van der Waals surface area contributed by atoms with Crippen LogP contribution in [0, 0.1) is 0 Å². The van der Waals surface area contributed by atoms with Crippen LogP contribution >= 0.6 is 0 Å². The zero-order valence-corrected chi connectivity index (χ0v) is 23.9. The molecule has 0 radical (unpaired) electrons. The third kappa shape index (κ3) is 7.06. The molecule has 4 atom stereocenters. The summed E-state index contributed by atoms with van der Waals surface area (Å²) in [6.07, 6.45) is 5.95. The van der Waals surface area contributed by atoms with E-state index in [9.17, 15) is 29.4 Å². The molecule has 0 spiro atoms. The monoisotopic (exact) mass is 601 g/mol. The molecule has 2 aromatic carbocycles. The number of phenols is 1. The number of imidazole rings is 1. The number of hydrogen-bond donors (Lipinski definition) is 7. The lowest BCUT2D eigenvalue weighted by molar-refractivity contribution is -0.149. The lowest BCUT2D eigenvalue weighted by Crippen LogP contribution is -2.58. The van der Waals surface area contributed by atoms with Crippen molar-refractivity contribution >= 4 is 34.6 Å². The number of aromatic nitrogens is 3. The zero-order chi connectivity index (χ0) is 31.2. The molecule has 4 aromatic rings. The molecule has 0 saturated carbocycles. The van der Waals surface area contributed by atoms with Crippen molar-refractivity contribution in [2.75, 3.05) is 6.54 Å². The number of aromatic amines is 2. The van der Waals surface area contributed by atoms with E-state index in [-0.39, 0.29) is 31.6 Å². The number of para-hydroxylation sites is 1. The van der Waals surface area contributed by atoms with E-state index in [1.165, 1.54) is 23.4 Å². The van der Waals surface area contributed by atoms with Gasteiger partial charge in [-0.25, -0.2) is 9.78 Å². The number of phenolic OH excluding ortho intramolecular Hbond substituents is 1. The molecule has 13 nitrogen and oxygen atoms in total. The Labute approximate surface area is 252 Å². The normalized spacial score (nSPS) is 16.8. The molecular formula is C31H35N7O6. The first-order chi connectivity index (χ1) is 21.2. The van der Waals surface area contributed by atoms with Gasteiger partial charge in [-0.15, -0.1) is 0 Å². The number of amides is 3. The number of benzene rings is 2. The van der Waals surface area contributed by atoms with Crippen LogP contribution in [0.5, 0.6) is 5.75 Å².